The van der Waals surface area contributed by atoms with Gasteiger partial charge < -0.3 is 42.0 Å². The summed E-state index contributed by atoms with van der Waals surface area (Å²) in [5.41, 5.74) is 1.34. The Morgan fingerprint density at radius 3 is 2.23 bits per heavy atom. The molecular formula is C8H8AlCl3O. The number of ether oxygens (including phenoxy) is 1. The van der Waals surface area contributed by atoms with Gasteiger partial charge in [0.15, 0.2) is 0 Å². The van der Waals surface area contributed by atoms with Gasteiger partial charge in [-0.15, -0.1) is 0 Å². The summed E-state index contributed by atoms with van der Waals surface area (Å²) in [5, 5.41) is 0. The molecule has 1 aliphatic heterocycles. The van der Waals surface area contributed by atoms with Crippen LogP contribution in [0.15, 0.2) is 24.3 Å². The Balaban J connectivity index is -0.000000250. The van der Waals surface area contributed by atoms with Gasteiger partial charge in [-0.3, -0.25) is 0 Å². The Labute approximate surface area is 108 Å². The van der Waals surface area contributed by atoms with E-state index in [1.165, 1.54) is 5.56 Å². The normalized spacial score (nSPS) is 10.2. The van der Waals surface area contributed by atoms with Gasteiger partial charge in [0.2, 0.25) is 0 Å². The third-order valence-corrected chi connectivity index (χ3v) is 1.60. The first-order valence-electron chi connectivity index (χ1n) is 3.17. The maximum atomic E-state index is 5.30. The van der Waals surface area contributed by atoms with Crippen LogP contribution in [0.1, 0.15) is 5.56 Å². The van der Waals surface area contributed by atoms with Crippen LogP contribution in [0.4, 0.5) is 0 Å². The van der Waals surface area contributed by atoms with E-state index in [-0.39, 0.29) is 54.6 Å². The third kappa shape index (κ3) is 4.45. The van der Waals surface area contributed by atoms with Crippen LogP contribution in [0, 0.1) is 0 Å². The van der Waals surface area contributed by atoms with Gasteiger partial charge in [0.1, 0.15) is 5.75 Å². The largest absolute Gasteiger partial charge is 3.00 e. The fourth-order valence-electron chi connectivity index (χ4n) is 1.12. The molecule has 1 heterocycles. The molecule has 0 fully saturated rings. The molecule has 0 aliphatic carbocycles. The number of halogens is 3. The summed E-state index contributed by atoms with van der Waals surface area (Å²) < 4.78 is 5.30. The van der Waals surface area contributed by atoms with E-state index in [1.54, 1.807) is 0 Å². The Kier molecular flexibility index (Phi) is 13.2. The molecule has 1 nitrogen and oxygen atoms in total. The van der Waals surface area contributed by atoms with Crippen LogP contribution in [0.3, 0.4) is 0 Å². The molecule has 1 aromatic rings. The van der Waals surface area contributed by atoms with Crippen LogP contribution in [0.5, 0.6) is 5.75 Å². The van der Waals surface area contributed by atoms with Crippen molar-refractivity contribution in [1.29, 1.82) is 0 Å². The Hall–Kier alpha value is 0.422. The summed E-state index contributed by atoms with van der Waals surface area (Å²) in [6.07, 6.45) is 1.08. The molecule has 1 aromatic carbocycles. The standard InChI is InChI=1S/C8H8O.Al.3ClH/c1-2-4-8-7(3-1)5-6-9-8;;;;/h1-4H,5-6H2;;3*1H/q;+3;;;/p-3. The average molecular weight is 253 g/mol. The first kappa shape index (κ1) is 19.1. The van der Waals surface area contributed by atoms with Crippen molar-refractivity contribution in [3.63, 3.8) is 0 Å². The molecule has 0 unspecified atom stereocenters. The smallest absolute Gasteiger partial charge is 1.00 e. The summed E-state index contributed by atoms with van der Waals surface area (Å²) in [5.74, 6) is 1.07. The second-order valence-corrected chi connectivity index (χ2v) is 2.21. The summed E-state index contributed by atoms with van der Waals surface area (Å²) in [6.45, 7) is 0.860. The Bertz CT molecular complexity index is 209. The van der Waals surface area contributed by atoms with Gasteiger partial charge in [-0.2, -0.15) is 0 Å². The molecule has 70 valence electrons. The van der Waals surface area contributed by atoms with Crippen LogP contribution in [0.25, 0.3) is 0 Å². The minimum atomic E-state index is 0. The van der Waals surface area contributed by atoms with Gasteiger partial charge >= 0.3 is 17.4 Å². The van der Waals surface area contributed by atoms with Gasteiger partial charge in [0.05, 0.1) is 6.61 Å². The van der Waals surface area contributed by atoms with Gasteiger partial charge in [0.25, 0.3) is 0 Å². The van der Waals surface area contributed by atoms with Gasteiger partial charge in [-0.05, 0) is 11.6 Å². The molecule has 0 radical (unpaired) electrons. The summed E-state index contributed by atoms with van der Waals surface area (Å²) in [6, 6.07) is 8.18. The molecule has 0 saturated carbocycles. The minimum Gasteiger partial charge on any atom is -1.00 e. The van der Waals surface area contributed by atoms with E-state index >= 15 is 0 Å². The molecule has 0 N–H and O–H groups in total. The van der Waals surface area contributed by atoms with Crippen molar-refractivity contribution in [2.24, 2.45) is 0 Å². The molecule has 13 heavy (non-hydrogen) atoms. The predicted octanol–water partition coefficient (Wildman–Crippen LogP) is -7.75. The average Bonchev–Trinajstić information content (AvgIpc) is 2.33. The summed E-state index contributed by atoms with van der Waals surface area (Å²) in [4.78, 5) is 0. The summed E-state index contributed by atoms with van der Waals surface area (Å²) >= 11 is 0. The van der Waals surface area contributed by atoms with Gasteiger partial charge in [0, 0.05) is 6.42 Å². The van der Waals surface area contributed by atoms with Gasteiger partial charge in [-0.25, -0.2) is 0 Å². The Morgan fingerprint density at radius 2 is 1.62 bits per heavy atom. The number of fused-ring (bicyclic) bond motifs is 1. The minimum absolute atomic E-state index is 0. The van der Waals surface area contributed by atoms with Crippen molar-refractivity contribution >= 4 is 17.4 Å². The maximum Gasteiger partial charge on any atom is 3.00 e. The van der Waals surface area contributed by atoms with Crippen LogP contribution in [-0.4, -0.2) is 24.0 Å². The summed E-state index contributed by atoms with van der Waals surface area (Å²) in [7, 11) is 0. The number of rotatable bonds is 0. The van der Waals surface area contributed by atoms with Crippen LogP contribution < -0.4 is 42.0 Å². The number of benzene rings is 1. The number of hydrogen-bond acceptors (Lipinski definition) is 1. The van der Waals surface area contributed by atoms with E-state index in [4.69, 9.17) is 4.74 Å². The second kappa shape index (κ2) is 9.00. The number of para-hydroxylation sites is 1. The van der Waals surface area contributed by atoms with E-state index in [0.29, 0.717) is 0 Å². The first-order chi connectivity index (χ1) is 4.47. The Morgan fingerprint density at radius 1 is 1.00 bits per heavy atom. The van der Waals surface area contributed by atoms with E-state index in [1.807, 2.05) is 18.2 Å². The third-order valence-electron chi connectivity index (χ3n) is 1.60. The topological polar surface area (TPSA) is 9.23 Å². The molecule has 0 aromatic heterocycles. The molecule has 5 heteroatoms. The molecule has 0 bridgehead atoms. The molecule has 0 saturated heterocycles. The fourth-order valence-corrected chi connectivity index (χ4v) is 1.12. The van der Waals surface area contributed by atoms with E-state index in [9.17, 15) is 0 Å². The zero-order chi connectivity index (χ0) is 6.10. The molecule has 0 amide bonds. The SMILES string of the molecule is [Al+3].[Cl-].[Cl-].[Cl-].c1ccc2c(c1)CCO2. The maximum absolute atomic E-state index is 5.30. The fraction of sp³-hybridized carbons (Fsp3) is 0.250. The monoisotopic (exact) mass is 252 g/mol. The van der Waals surface area contributed by atoms with E-state index in [0.717, 1.165) is 18.8 Å². The molecule has 1 aliphatic rings. The molecular weight excluding hydrogens is 245 g/mol. The van der Waals surface area contributed by atoms with Crippen LogP contribution in [0.2, 0.25) is 0 Å². The van der Waals surface area contributed by atoms with Crippen LogP contribution in [-0.2, 0) is 6.42 Å². The van der Waals surface area contributed by atoms with Crippen molar-refractivity contribution in [2.75, 3.05) is 6.61 Å². The molecule has 2 rings (SSSR count). The van der Waals surface area contributed by atoms with Crippen molar-refractivity contribution in [1.82, 2.24) is 0 Å². The van der Waals surface area contributed by atoms with Crippen molar-refractivity contribution in [2.45, 2.75) is 6.42 Å². The van der Waals surface area contributed by atoms with E-state index < -0.39 is 0 Å². The quantitative estimate of drug-likeness (QED) is 0.418. The molecule has 0 atom stereocenters. The van der Waals surface area contributed by atoms with Crippen LogP contribution >= 0.6 is 0 Å². The van der Waals surface area contributed by atoms with Crippen molar-refractivity contribution in [3.8, 4) is 5.75 Å². The van der Waals surface area contributed by atoms with E-state index in [2.05, 4.69) is 6.07 Å². The first-order valence-corrected chi connectivity index (χ1v) is 3.17. The zero-order valence-electron chi connectivity index (χ0n) is 6.84. The molecule has 0 spiro atoms. The van der Waals surface area contributed by atoms with Gasteiger partial charge in [-0.1, -0.05) is 18.2 Å². The predicted molar refractivity (Wildman–Crippen MR) is 41.4 cm³/mol. The second-order valence-electron chi connectivity index (χ2n) is 2.21. The number of hydrogen-bond donors (Lipinski definition) is 0. The van der Waals surface area contributed by atoms with Crippen molar-refractivity contribution < 1.29 is 42.0 Å². The zero-order valence-corrected chi connectivity index (χ0v) is 10.3. The van der Waals surface area contributed by atoms with Crippen molar-refractivity contribution in [3.05, 3.63) is 29.8 Å².